The monoisotopic (exact) mass is 250 g/mol. The second-order valence-corrected chi connectivity index (χ2v) is 4.61. The summed E-state index contributed by atoms with van der Waals surface area (Å²) in [5.41, 5.74) is 1.14. The Labute approximate surface area is 108 Å². The Morgan fingerprint density at radius 2 is 2.17 bits per heavy atom. The predicted octanol–water partition coefficient (Wildman–Crippen LogP) is 2.81. The largest absolute Gasteiger partial charge is 0.383 e. The van der Waals surface area contributed by atoms with E-state index in [2.05, 4.69) is 18.7 Å². The van der Waals surface area contributed by atoms with Gasteiger partial charge in [0.15, 0.2) is 0 Å². The lowest BCUT2D eigenvalue weighted by atomic mass is 10.1. The molecule has 0 unspecified atom stereocenters. The van der Waals surface area contributed by atoms with Crippen LogP contribution in [0.15, 0.2) is 18.2 Å². The van der Waals surface area contributed by atoms with E-state index in [1.54, 1.807) is 13.2 Å². The predicted molar refractivity (Wildman–Crippen MR) is 70.0 cm³/mol. The van der Waals surface area contributed by atoms with Gasteiger partial charge in [-0.2, -0.15) is 5.26 Å². The summed E-state index contributed by atoms with van der Waals surface area (Å²) in [6.07, 6.45) is 0. The zero-order valence-electron chi connectivity index (χ0n) is 11.1. The van der Waals surface area contributed by atoms with Crippen LogP contribution in [-0.2, 0) is 4.74 Å². The van der Waals surface area contributed by atoms with E-state index in [0.29, 0.717) is 24.6 Å². The lowest BCUT2D eigenvalue weighted by molar-refractivity contribution is 0.204. The van der Waals surface area contributed by atoms with Crippen LogP contribution in [0.25, 0.3) is 0 Å². The van der Waals surface area contributed by atoms with Crippen molar-refractivity contribution in [2.24, 2.45) is 5.92 Å². The average Bonchev–Trinajstić information content (AvgIpc) is 2.34. The van der Waals surface area contributed by atoms with Crippen molar-refractivity contribution in [1.82, 2.24) is 0 Å². The summed E-state index contributed by atoms with van der Waals surface area (Å²) >= 11 is 0. The standard InChI is InChI=1S/C14H19FN2O/c1-11(2)10-17(6-7-18-3)14-5-4-13(15)8-12(14)9-16/h4-5,8,11H,6-7,10H2,1-3H3. The maximum absolute atomic E-state index is 13.1. The van der Waals surface area contributed by atoms with E-state index < -0.39 is 0 Å². The summed E-state index contributed by atoms with van der Waals surface area (Å²) in [6, 6.07) is 6.36. The number of nitrogens with zero attached hydrogens (tertiary/aromatic N) is 2. The number of nitriles is 1. The fourth-order valence-electron chi connectivity index (χ4n) is 1.83. The molecule has 0 fully saturated rings. The van der Waals surface area contributed by atoms with Crippen LogP contribution in [0.1, 0.15) is 19.4 Å². The molecule has 1 aromatic rings. The van der Waals surface area contributed by atoms with Crippen LogP contribution in [0.5, 0.6) is 0 Å². The molecule has 0 saturated heterocycles. The van der Waals surface area contributed by atoms with Gasteiger partial charge in [-0.25, -0.2) is 4.39 Å². The average molecular weight is 250 g/mol. The molecule has 4 heteroatoms. The number of benzene rings is 1. The van der Waals surface area contributed by atoms with Gasteiger partial charge in [-0.05, 0) is 24.1 Å². The molecule has 0 saturated carbocycles. The lowest BCUT2D eigenvalue weighted by Gasteiger charge is -2.27. The van der Waals surface area contributed by atoms with Gasteiger partial charge >= 0.3 is 0 Å². The first-order valence-corrected chi connectivity index (χ1v) is 6.02. The molecule has 18 heavy (non-hydrogen) atoms. The highest BCUT2D eigenvalue weighted by molar-refractivity contribution is 5.59. The summed E-state index contributed by atoms with van der Waals surface area (Å²) < 4.78 is 18.2. The molecule has 0 aromatic heterocycles. The maximum Gasteiger partial charge on any atom is 0.124 e. The highest BCUT2D eigenvalue weighted by Crippen LogP contribution is 2.22. The van der Waals surface area contributed by atoms with E-state index in [-0.39, 0.29) is 5.82 Å². The van der Waals surface area contributed by atoms with E-state index in [0.717, 1.165) is 12.2 Å². The molecular weight excluding hydrogens is 231 g/mol. The highest BCUT2D eigenvalue weighted by Gasteiger charge is 2.13. The topological polar surface area (TPSA) is 36.3 Å². The van der Waals surface area contributed by atoms with Crippen LogP contribution in [0, 0.1) is 23.1 Å². The number of ether oxygens (including phenoxy) is 1. The molecule has 98 valence electrons. The third-order valence-electron chi connectivity index (χ3n) is 2.57. The third-order valence-corrected chi connectivity index (χ3v) is 2.57. The van der Waals surface area contributed by atoms with Gasteiger partial charge in [0.2, 0.25) is 0 Å². The van der Waals surface area contributed by atoms with Gasteiger partial charge in [-0.15, -0.1) is 0 Å². The second-order valence-electron chi connectivity index (χ2n) is 4.61. The van der Waals surface area contributed by atoms with Crippen molar-refractivity contribution in [3.8, 4) is 6.07 Å². The second kappa shape index (κ2) is 6.97. The molecule has 0 bridgehead atoms. The molecule has 0 aliphatic carbocycles. The molecule has 0 spiro atoms. The summed E-state index contributed by atoms with van der Waals surface area (Å²) in [5, 5.41) is 9.08. The van der Waals surface area contributed by atoms with Gasteiger partial charge in [0, 0.05) is 20.2 Å². The summed E-state index contributed by atoms with van der Waals surface area (Å²) in [5.74, 6) is 0.0741. The van der Waals surface area contributed by atoms with Crippen LogP contribution in [-0.4, -0.2) is 26.8 Å². The first-order chi connectivity index (χ1) is 8.58. The SMILES string of the molecule is COCCN(CC(C)C)c1ccc(F)cc1C#N. The molecule has 0 aliphatic heterocycles. The summed E-state index contributed by atoms with van der Waals surface area (Å²) in [6.45, 7) is 6.29. The van der Waals surface area contributed by atoms with Crippen LogP contribution < -0.4 is 4.90 Å². The quantitative estimate of drug-likeness (QED) is 0.779. The molecule has 0 aliphatic rings. The Bertz CT molecular complexity index is 426. The molecule has 1 aromatic carbocycles. The Morgan fingerprint density at radius 3 is 2.72 bits per heavy atom. The maximum atomic E-state index is 13.1. The normalized spacial score (nSPS) is 10.4. The number of hydrogen-bond donors (Lipinski definition) is 0. The number of methoxy groups -OCH3 is 1. The molecular formula is C14H19FN2O. The fourth-order valence-corrected chi connectivity index (χ4v) is 1.83. The Morgan fingerprint density at radius 1 is 1.44 bits per heavy atom. The Kier molecular flexibility index (Phi) is 5.60. The smallest absolute Gasteiger partial charge is 0.124 e. The van der Waals surface area contributed by atoms with Crippen molar-refractivity contribution in [3.05, 3.63) is 29.6 Å². The van der Waals surface area contributed by atoms with Crippen molar-refractivity contribution in [3.63, 3.8) is 0 Å². The highest BCUT2D eigenvalue weighted by atomic mass is 19.1. The number of anilines is 1. The van der Waals surface area contributed by atoms with Crippen molar-refractivity contribution in [2.45, 2.75) is 13.8 Å². The zero-order valence-corrected chi connectivity index (χ0v) is 11.1. The fraction of sp³-hybridized carbons (Fsp3) is 0.500. The van der Waals surface area contributed by atoms with Crippen LogP contribution >= 0.6 is 0 Å². The van der Waals surface area contributed by atoms with Crippen LogP contribution in [0.3, 0.4) is 0 Å². The van der Waals surface area contributed by atoms with Gasteiger partial charge < -0.3 is 9.64 Å². The Hall–Kier alpha value is -1.60. The molecule has 0 amide bonds. The van der Waals surface area contributed by atoms with E-state index in [1.165, 1.54) is 12.1 Å². The minimum absolute atomic E-state index is 0.367. The molecule has 0 radical (unpaired) electrons. The van der Waals surface area contributed by atoms with Crippen molar-refractivity contribution in [1.29, 1.82) is 5.26 Å². The van der Waals surface area contributed by atoms with Gasteiger partial charge in [0.25, 0.3) is 0 Å². The Balaban J connectivity index is 3.00. The first-order valence-electron chi connectivity index (χ1n) is 6.02. The minimum Gasteiger partial charge on any atom is -0.383 e. The van der Waals surface area contributed by atoms with Gasteiger partial charge in [-0.1, -0.05) is 13.8 Å². The van der Waals surface area contributed by atoms with Crippen molar-refractivity contribution >= 4 is 5.69 Å². The van der Waals surface area contributed by atoms with E-state index in [1.807, 2.05) is 6.07 Å². The van der Waals surface area contributed by atoms with E-state index in [9.17, 15) is 4.39 Å². The molecule has 0 N–H and O–H groups in total. The number of hydrogen-bond acceptors (Lipinski definition) is 3. The first kappa shape index (κ1) is 14.5. The lowest BCUT2D eigenvalue weighted by Crippen LogP contribution is -2.31. The molecule has 0 heterocycles. The number of rotatable bonds is 6. The number of halogens is 1. The summed E-state index contributed by atoms with van der Waals surface area (Å²) in [7, 11) is 1.64. The molecule has 1 rings (SSSR count). The molecule has 3 nitrogen and oxygen atoms in total. The third kappa shape index (κ3) is 4.01. The van der Waals surface area contributed by atoms with E-state index in [4.69, 9.17) is 10.00 Å². The minimum atomic E-state index is -0.383. The van der Waals surface area contributed by atoms with Crippen LogP contribution in [0.4, 0.5) is 10.1 Å². The van der Waals surface area contributed by atoms with Gasteiger partial charge in [-0.3, -0.25) is 0 Å². The van der Waals surface area contributed by atoms with Crippen molar-refractivity contribution < 1.29 is 9.13 Å². The van der Waals surface area contributed by atoms with Gasteiger partial charge in [0.05, 0.1) is 17.9 Å². The van der Waals surface area contributed by atoms with Crippen LogP contribution in [0.2, 0.25) is 0 Å². The van der Waals surface area contributed by atoms with Gasteiger partial charge in [0.1, 0.15) is 11.9 Å². The zero-order chi connectivity index (χ0) is 13.5. The molecule has 0 atom stereocenters. The van der Waals surface area contributed by atoms with Crippen molar-refractivity contribution in [2.75, 3.05) is 31.7 Å². The van der Waals surface area contributed by atoms with E-state index >= 15 is 0 Å². The summed E-state index contributed by atoms with van der Waals surface area (Å²) in [4.78, 5) is 2.06.